The van der Waals surface area contributed by atoms with E-state index in [4.69, 9.17) is 14.8 Å². The van der Waals surface area contributed by atoms with E-state index in [1.54, 1.807) is 19.2 Å². The number of ether oxygens (including phenoxy) is 1. The van der Waals surface area contributed by atoms with E-state index in [1.165, 1.54) is 6.20 Å². The Hall–Kier alpha value is -4.27. The van der Waals surface area contributed by atoms with Gasteiger partial charge in [-0.05, 0) is 69.2 Å². The number of methoxy groups -OCH3 is 1. The van der Waals surface area contributed by atoms with E-state index in [0.29, 0.717) is 24.3 Å². The molecule has 0 unspecified atom stereocenters. The Bertz CT molecular complexity index is 1610. The van der Waals surface area contributed by atoms with Crippen LogP contribution in [0.1, 0.15) is 63.0 Å². The summed E-state index contributed by atoms with van der Waals surface area (Å²) in [6.07, 6.45) is 6.71. The van der Waals surface area contributed by atoms with Gasteiger partial charge in [0.1, 0.15) is 16.8 Å². The standard InChI is InChI=1S/C32H38FN7O/c1-6-7-8-18-39-25(15-17-35-39)21-38(20-24-11-13-26(41-5)14-12-24)29-19-28(27-10-9-16-34-32(27)33)36-30-23(4)37-40(22(2)3)31(29)30/h9-17,19,22H,6-8,18,20-21H2,1-5H3. The second-order valence-electron chi connectivity index (χ2n) is 10.6. The van der Waals surface area contributed by atoms with Crippen molar-refractivity contribution < 1.29 is 9.13 Å². The molecule has 0 aliphatic carbocycles. The van der Waals surface area contributed by atoms with Crippen molar-refractivity contribution in [2.45, 2.75) is 72.6 Å². The lowest BCUT2D eigenvalue weighted by molar-refractivity contribution is 0.414. The molecule has 0 fully saturated rings. The SMILES string of the molecule is CCCCCn1nccc1CN(Cc1ccc(OC)cc1)c1cc(-c2cccnc2F)nc2c(C)nn(C(C)C)c12. The molecule has 0 saturated carbocycles. The largest absolute Gasteiger partial charge is 0.497 e. The van der Waals surface area contributed by atoms with E-state index < -0.39 is 5.95 Å². The minimum Gasteiger partial charge on any atom is -0.497 e. The van der Waals surface area contributed by atoms with E-state index in [2.05, 4.69) is 58.6 Å². The first-order chi connectivity index (χ1) is 19.9. The van der Waals surface area contributed by atoms with E-state index in [1.807, 2.05) is 36.0 Å². The fraction of sp³-hybridized carbons (Fsp3) is 0.375. The molecule has 0 radical (unpaired) electrons. The van der Waals surface area contributed by atoms with Crippen LogP contribution in [-0.2, 0) is 19.6 Å². The van der Waals surface area contributed by atoms with Gasteiger partial charge < -0.3 is 9.64 Å². The van der Waals surface area contributed by atoms with Gasteiger partial charge in [0.2, 0.25) is 5.95 Å². The molecule has 4 heterocycles. The van der Waals surface area contributed by atoms with Crippen molar-refractivity contribution in [1.29, 1.82) is 0 Å². The Balaban J connectivity index is 1.68. The number of benzene rings is 1. The van der Waals surface area contributed by atoms with Gasteiger partial charge in [-0.15, -0.1) is 0 Å². The number of hydrogen-bond acceptors (Lipinski definition) is 6. The number of aryl methyl sites for hydroxylation is 2. The van der Waals surface area contributed by atoms with E-state index in [-0.39, 0.29) is 6.04 Å². The summed E-state index contributed by atoms with van der Waals surface area (Å²) in [5.41, 5.74) is 6.54. The van der Waals surface area contributed by atoms with E-state index in [0.717, 1.165) is 65.2 Å². The summed E-state index contributed by atoms with van der Waals surface area (Å²) in [6.45, 7) is 10.5. The van der Waals surface area contributed by atoms with Crippen LogP contribution in [0.3, 0.4) is 0 Å². The lowest BCUT2D eigenvalue weighted by Gasteiger charge is -2.27. The number of halogens is 1. The molecule has 0 aliphatic rings. The molecule has 1 aromatic carbocycles. The van der Waals surface area contributed by atoms with Crippen molar-refractivity contribution in [3.8, 4) is 17.0 Å². The van der Waals surface area contributed by atoms with Crippen molar-refractivity contribution >= 4 is 16.7 Å². The van der Waals surface area contributed by atoms with Gasteiger partial charge >= 0.3 is 0 Å². The molecule has 214 valence electrons. The minimum absolute atomic E-state index is 0.107. The average molecular weight is 556 g/mol. The quantitative estimate of drug-likeness (QED) is 0.121. The Kier molecular flexibility index (Phi) is 8.61. The molecular formula is C32H38FN7O. The minimum atomic E-state index is -0.546. The number of fused-ring (bicyclic) bond motifs is 1. The molecule has 0 bridgehead atoms. The van der Waals surface area contributed by atoms with Gasteiger partial charge in [-0.2, -0.15) is 14.6 Å². The van der Waals surface area contributed by atoms with Crippen molar-refractivity contribution in [3.63, 3.8) is 0 Å². The number of nitrogens with zero attached hydrogens (tertiary/aromatic N) is 7. The van der Waals surface area contributed by atoms with Crippen molar-refractivity contribution in [1.82, 2.24) is 29.5 Å². The van der Waals surface area contributed by atoms with Crippen LogP contribution >= 0.6 is 0 Å². The highest BCUT2D eigenvalue weighted by atomic mass is 19.1. The summed E-state index contributed by atoms with van der Waals surface area (Å²) in [4.78, 5) is 11.1. The Labute approximate surface area is 240 Å². The maximum atomic E-state index is 15.0. The van der Waals surface area contributed by atoms with Crippen LogP contribution in [-0.4, -0.2) is 36.6 Å². The molecule has 0 N–H and O–H groups in total. The van der Waals surface area contributed by atoms with Gasteiger partial charge in [0.05, 0.1) is 42.0 Å². The van der Waals surface area contributed by atoms with Crippen LogP contribution in [0.4, 0.5) is 10.1 Å². The van der Waals surface area contributed by atoms with E-state index >= 15 is 0 Å². The maximum absolute atomic E-state index is 15.0. The zero-order valence-corrected chi connectivity index (χ0v) is 24.5. The number of pyridine rings is 2. The van der Waals surface area contributed by atoms with Gasteiger partial charge in [-0.3, -0.25) is 9.36 Å². The lowest BCUT2D eigenvalue weighted by atomic mass is 10.1. The van der Waals surface area contributed by atoms with Crippen LogP contribution in [0.2, 0.25) is 0 Å². The molecule has 41 heavy (non-hydrogen) atoms. The topological polar surface area (TPSA) is 73.9 Å². The Morgan fingerprint density at radius 3 is 2.54 bits per heavy atom. The first-order valence-electron chi connectivity index (χ1n) is 14.3. The smallest absolute Gasteiger partial charge is 0.222 e. The van der Waals surface area contributed by atoms with Gasteiger partial charge in [-0.25, -0.2) is 9.97 Å². The van der Waals surface area contributed by atoms with Crippen LogP contribution in [0.5, 0.6) is 5.75 Å². The third-order valence-electron chi connectivity index (χ3n) is 7.33. The predicted molar refractivity (Wildman–Crippen MR) is 160 cm³/mol. The molecular weight excluding hydrogens is 517 g/mol. The van der Waals surface area contributed by atoms with Crippen molar-refractivity contribution in [2.75, 3.05) is 12.0 Å². The summed E-state index contributed by atoms with van der Waals surface area (Å²) in [5.74, 6) is 0.262. The van der Waals surface area contributed by atoms with Gasteiger partial charge in [-0.1, -0.05) is 31.9 Å². The molecule has 0 amide bonds. The summed E-state index contributed by atoms with van der Waals surface area (Å²) in [5, 5.41) is 9.51. The first kappa shape index (κ1) is 28.3. The third-order valence-corrected chi connectivity index (χ3v) is 7.33. The summed E-state index contributed by atoms with van der Waals surface area (Å²) in [6, 6.07) is 15.7. The first-order valence-corrected chi connectivity index (χ1v) is 14.3. The second-order valence-corrected chi connectivity index (χ2v) is 10.6. The van der Waals surface area contributed by atoms with Gasteiger partial charge in [0.25, 0.3) is 0 Å². The number of anilines is 1. The highest BCUT2D eigenvalue weighted by Crippen LogP contribution is 2.36. The van der Waals surface area contributed by atoms with Crippen molar-refractivity contribution in [3.05, 3.63) is 83.8 Å². The van der Waals surface area contributed by atoms with Crippen molar-refractivity contribution in [2.24, 2.45) is 0 Å². The molecule has 0 saturated heterocycles. The van der Waals surface area contributed by atoms with Crippen LogP contribution in [0.25, 0.3) is 22.3 Å². The fourth-order valence-corrected chi connectivity index (χ4v) is 5.17. The van der Waals surface area contributed by atoms with Crippen LogP contribution in [0, 0.1) is 12.9 Å². The molecule has 0 aliphatic heterocycles. The third kappa shape index (κ3) is 6.09. The predicted octanol–water partition coefficient (Wildman–Crippen LogP) is 7.12. The summed E-state index contributed by atoms with van der Waals surface area (Å²) < 4.78 is 24.5. The molecule has 4 aromatic heterocycles. The molecule has 8 nitrogen and oxygen atoms in total. The molecule has 5 rings (SSSR count). The molecule has 0 atom stereocenters. The average Bonchev–Trinajstić information content (AvgIpc) is 3.56. The molecule has 9 heteroatoms. The lowest BCUT2D eigenvalue weighted by Crippen LogP contribution is -2.25. The Morgan fingerprint density at radius 2 is 1.83 bits per heavy atom. The molecule has 0 spiro atoms. The normalized spacial score (nSPS) is 11.5. The number of hydrogen-bond donors (Lipinski definition) is 0. The highest BCUT2D eigenvalue weighted by Gasteiger charge is 2.23. The Morgan fingerprint density at radius 1 is 1.02 bits per heavy atom. The van der Waals surface area contributed by atoms with Crippen LogP contribution in [0.15, 0.2) is 60.9 Å². The fourth-order valence-electron chi connectivity index (χ4n) is 5.17. The monoisotopic (exact) mass is 555 g/mol. The summed E-state index contributed by atoms with van der Waals surface area (Å²) in [7, 11) is 1.67. The van der Waals surface area contributed by atoms with E-state index in [9.17, 15) is 4.39 Å². The van der Waals surface area contributed by atoms with Gasteiger partial charge in [0.15, 0.2) is 0 Å². The highest BCUT2D eigenvalue weighted by molar-refractivity contribution is 5.93. The zero-order chi connectivity index (χ0) is 28.9. The number of aromatic nitrogens is 6. The zero-order valence-electron chi connectivity index (χ0n) is 24.5. The number of unbranched alkanes of at least 4 members (excludes halogenated alkanes) is 2. The number of rotatable bonds is 12. The summed E-state index contributed by atoms with van der Waals surface area (Å²) >= 11 is 0. The second kappa shape index (κ2) is 12.5. The van der Waals surface area contributed by atoms with Gasteiger partial charge in [0, 0.05) is 31.5 Å². The molecule has 5 aromatic rings. The maximum Gasteiger partial charge on any atom is 0.222 e. The van der Waals surface area contributed by atoms with Crippen LogP contribution < -0.4 is 9.64 Å².